The molecule has 0 fully saturated rings. The number of carbonyl (C=O) groups excluding carboxylic acids is 3. The van der Waals surface area contributed by atoms with Crippen LogP contribution in [-0.2, 0) is 19.8 Å². The summed E-state index contributed by atoms with van der Waals surface area (Å²) in [5.74, 6) is -0.731. The third kappa shape index (κ3) is 5.94. The predicted molar refractivity (Wildman–Crippen MR) is 113 cm³/mol. The summed E-state index contributed by atoms with van der Waals surface area (Å²) in [6.45, 7) is 9.10. The molecular formula is C22H27N3O3. The van der Waals surface area contributed by atoms with E-state index in [4.69, 9.17) is 0 Å². The van der Waals surface area contributed by atoms with Gasteiger partial charge in [0.2, 0.25) is 17.7 Å². The van der Waals surface area contributed by atoms with Gasteiger partial charge in [-0.2, -0.15) is 0 Å². The van der Waals surface area contributed by atoms with E-state index >= 15 is 0 Å². The lowest BCUT2D eigenvalue weighted by atomic mass is 9.87. The highest BCUT2D eigenvalue weighted by molar-refractivity contribution is 6.02. The molecule has 2 aromatic rings. The zero-order valence-electron chi connectivity index (χ0n) is 17.0. The lowest BCUT2D eigenvalue weighted by molar-refractivity contribution is -0.120. The molecule has 0 saturated heterocycles. The molecule has 2 N–H and O–H groups in total. The highest BCUT2D eigenvalue weighted by Crippen LogP contribution is 2.25. The smallest absolute Gasteiger partial charge is 0.244 e. The van der Waals surface area contributed by atoms with Crippen LogP contribution in [0.15, 0.2) is 48.5 Å². The summed E-state index contributed by atoms with van der Waals surface area (Å²) in [6, 6.07) is 14.5. The molecule has 0 aliphatic carbocycles. The van der Waals surface area contributed by atoms with Crippen LogP contribution in [0.4, 0.5) is 17.1 Å². The molecule has 0 unspecified atom stereocenters. The minimum absolute atomic E-state index is 0.00980. The van der Waals surface area contributed by atoms with Crippen LogP contribution in [0.2, 0.25) is 0 Å². The monoisotopic (exact) mass is 381 g/mol. The third-order valence-corrected chi connectivity index (χ3v) is 4.19. The van der Waals surface area contributed by atoms with Gasteiger partial charge in [-0.15, -0.1) is 0 Å². The number of hydrogen-bond acceptors (Lipinski definition) is 3. The van der Waals surface area contributed by atoms with Crippen LogP contribution >= 0.6 is 0 Å². The van der Waals surface area contributed by atoms with Crippen LogP contribution in [0.3, 0.4) is 0 Å². The predicted octanol–water partition coefficient (Wildman–Crippen LogP) is 3.93. The average molecular weight is 381 g/mol. The molecule has 0 bridgehead atoms. The third-order valence-electron chi connectivity index (χ3n) is 4.19. The fourth-order valence-corrected chi connectivity index (χ4v) is 2.75. The number of hydrogen-bond donors (Lipinski definition) is 2. The number of nitrogens with one attached hydrogen (secondary N) is 2. The van der Waals surface area contributed by atoms with E-state index in [0.717, 1.165) is 5.56 Å². The summed E-state index contributed by atoms with van der Waals surface area (Å²) in [7, 11) is 0. The van der Waals surface area contributed by atoms with Gasteiger partial charge < -0.3 is 15.5 Å². The fourth-order valence-electron chi connectivity index (χ4n) is 2.75. The van der Waals surface area contributed by atoms with Crippen LogP contribution in [0.1, 0.15) is 40.2 Å². The summed E-state index contributed by atoms with van der Waals surface area (Å²) in [4.78, 5) is 37.2. The Bertz CT molecular complexity index is 867. The van der Waals surface area contributed by atoms with E-state index in [1.54, 1.807) is 24.3 Å². The number of carbonyl (C=O) groups is 3. The molecule has 3 amide bonds. The summed E-state index contributed by atoms with van der Waals surface area (Å²) < 4.78 is 0. The molecule has 6 heteroatoms. The zero-order chi connectivity index (χ0) is 20.9. The first-order valence-electron chi connectivity index (χ1n) is 9.12. The van der Waals surface area contributed by atoms with Crippen LogP contribution in [0.25, 0.3) is 0 Å². The molecule has 0 atom stereocenters. The maximum Gasteiger partial charge on any atom is 0.244 e. The largest absolute Gasteiger partial charge is 0.326 e. The number of nitrogens with zero attached hydrogens (tertiary/aromatic N) is 1. The van der Waals surface area contributed by atoms with Crippen LogP contribution < -0.4 is 15.5 Å². The summed E-state index contributed by atoms with van der Waals surface area (Å²) in [6.07, 6.45) is 0. The fraction of sp³-hybridized carbons (Fsp3) is 0.318. The minimum Gasteiger partial charge on any atom is -0.326 e. The molecule has 0 aromatic heterocycles. The van der Waals surface area contributed by atoms with Gasteiger partial charge >= 0.3 is 0 Å². The van der Waals surface area contributed by atoms with Gasteiger partial charge in [-0.3, -0.25) is 14.4 Å². The van der Waals surface area contributed by atoms with Crippen molar-refractivity contribution in [3.05, 3.63) is 54.1 Å². The van der Waals surface area contributed by atoms with E-state index in [-0.39, 0.29) is 29.7 Å². The maximum atomic E-state index is 12.5. The first-order valence-corrected chi connectivity index (χ1v) is 9.12. The van der Waals surface area contributed by atoms with Crippen molar-refractivity contribution in [1.29, 1.82) is 0 Å². The van der Waals surface area contributed by atoms with Crippen molar-refractivity contribution in [1.82, 2.24) is 0 Å². The first kappa shape index (κ1) is 21.2. The molecule has 28 heavy (non-hydrogen) atoms. The van der Waals surface area contributed by atoms with Crippen molar-refractivity contribution < 1.29 is 14.4 Å². The van der Waals surface area contributed by atoms with Gasteiger partial charge in [0.15, 0.2) is 0 Å². The minimum atomic E-state index is -0.324. The molecule has 0 heterocycles. The van der Waals surface area contributed by atoms with Gasteiger partial charge in [-0.1, -0.05) is 39.0 Å². The number of amides is 3. The summed E-state index contributed by atoms with van der Waals surface area (Å²) in [5.41, 5.74) is 2.96. The molecular weight excluding hydrogens is 354 g/mol. The topological polar surface area (TPSA) is 78.5 Å². The average Bonchev–Trinajstić information content (AvgIpc) is 2.58. The Balaban J connectivity index is 2.11. The molecule has 0 aliphatic rings. The van der Waals surface area contributed by atoms with Crippen molar-refractivity contribution >= 4 is 34.8 Å². The normalized spacial score (nSPS) is 10.9. The molecule has 148 valence electrons. The SMILES string of the molecule is CC(=O)Nc1cccc(NC(=O)CN(C(C)=O)c2ccc(C(C)(C)C)cc2)c1. The summed E-state index contributed by atoms with van der Waals surface area (Å²) in [5, 5.41) is 5.43. The second kappa shape index (κ2) is 8.69. The Morgan fingerprint density at radius 1 is 0.893 bits per heavy atom. The van der Waals surface area contributed by atoms with Gasteiger partial charge in [0.1, 0.15) is 6.54 Å². The Morgan fingerprint density at radius 3 is 1.96 bits per heavy atom. The molecule has 0 spiro atoms. The molecule has 0 radical (unpaired) electrons. The lowest BCUT2D eigenvalue weighted by Crippen LogP contribution is -2.36. The summed E-state index contributed by atoms with van der Waals surface area (Å²) >= 11 is 0. The van der Waals surface area contributed by atoms with Gasteiger partial charge in [-0.05, 0) is 41.3 Å². The highest BCUT2D eigenvalue weighted by atomic mass is 16.2. The van der Waals surface area contributed by atoms with Gasteiger partial charge in [0.25, 0.3) is 0 Å². The van der Waals surface area contributed by atoms with Crippen molar-refractivity contribution in [2.24, 2.45) is 0 Å². The standard InChI is InChI=1S/C22H27N3O3/c1-15(26)23-18-7-6-8-19(13-18)24-21(28)14-25(16(2)27)20-11-9-17(10-12-20)22(3,4)5/h6-13H,14H2,1-5H3,(H,23,26)(H,24,28). The molecule has 2 aromatic carbocycles. The Labute approximate surface area is 165 Å². The maximum absolute atomic E-state index is 12.5. The highest BCUT2D eigenvalue weighted by Gasteiger charge is 2.18. The van der Waals surface area contributed by atoms with Crippen molar-refractivity contribution in [3.63, 3.8) is 0 Å². The Morgan fingerprint density at radius 2 is 1.46 bits per heavy atom. The number of benzene rings is 2. The van der Waals surface area contributed by atoms with Gasteiger partial charge in [-0.25, -0.2) is 0 Å². The zero-order valence-corrected chi connectivity index (χ0v) is 17.0. The van der Waals surface area contributed by atoms with Crippen LogP contribution in [0.5, 0.6) is 0 Å². The number of anilines is 3. The molecule has 2 rings (SSSR count). The second-order valence-electron chi connectivity index (χ2n) is 7.71. The quantitative estimate of drug-likeness (QED) is 0.823. The van der Waals surface area contributed by atoms with E-state index in [2.05, 4.69) is 31.4 Å². The van der Waals surface area contributed by atoms with Crippen LogP contribution in [0, 0.1) is 0 Å². The van der Waals surface area contributed by atoms with E-state index in [1.807, 2.05) is 24.3 Å². The number of rotatable bonds is 5. The molecule has 6 nitrogen and oxygen atoms in total. The van der Waals surface area contributed by atoms with E-state index in [9.17, 15) is 14.4 Å². The second-order valence-corrected chi connectivity index (χ2v) is 7.71. The molecule has 0 aliphatic heterocycles. The Kier molecular flexibility index (Phi) is 6.57. The van der Waals surface area contributed by atoms with Crippen molar-refractivity contribution in [2.45, 2.75) is 40.0 Å². The Hall–Kier alpha value is -3.15. The molecule has 0 saturated carbocycles. The van der Waals surface area contributed by atoms with E-state index < -0.39 is 0 Å². The van der Waals surface area contributed by atoms with E-state index in [0.29, 0.717) is 17.1 Å². The lowest BCUT2D eigenvalue weighted by Gasteiger charge is -2.23. The van der Waals surface area contributed by atoms with Gasteiger partial charge in [0, 0.05) is 30.9 Å². The van der Waals surface area contributed by atoms with Gasteiger partial charge in [0.05, 0.1) is 0 Å². The van der Waals surface area contributed by atoms with Crippen molar-refractivity contribution in [3.8, 4) is 0 Å². The first-order chi connectivity index (χ1) is 13.1. The van der Waals surface area contributed by atoms with E-state index in [1.165, 1.54) is 18.7 Å². The van der Waals surface area contributed by atoms with Crippen LogP contribution in [-0.4, -0.2) is 24.3 Å². The van der Waals surface area contributed by atoms with Crippen molar-refractivity contribution in [2.75, 3.05) is 22.1 Å².